The fraction of sp³-hybridized carbons (Fsp3) is 0.474. The third kappa shape index (κ3) is 4.13. The van der Waals surface area contributed by atoms with Gasteiger partial charge in [0.1, 0.15) is 11.4 Å². The summed E-state index contributed by atoms with van der Waals surface area (Å²) in [5.74, 6) is -0.382. The van der Waals surface area contributed by atoms with Crippen LogP contribution >= 0.6 is 0 Å². The average Bonchev–Trinajstić information content (AvgIpc) is 3.08. The Morgan fingerprint density at radius 3 is 2.55 bits per heavy atom. The number of rotatable bonds is 4. The van der Waals surface area contributed by atoms with Crippen LogP contribution in [0.3, 0.4) is 0 Å². The van der Waals surface area contributed by atoms with E-state index < -0.39 is 17.3 Å². The molecule has 3 heterocycles. The summed E-state index contributed by atoms with van der Waals surface area (Å²) in [5, 5.41) is 12.0. The summed E-state index contributed by atoms with van der Waals surface area (Å²) in [5.41, 5.74) is -1.02. The predicted octanol–water partition coefficient (Wildman–Crippen LogP) is 2.29. The maximum Gasteiger partial charge on any atom is 0.423 e. The first kappa shape index (κ1) is 19.8. The number of alkyl halides is 3. The molecule has 29 heavy (non-hydrogen) atoms. The zero-order valence-electron chi connectivity index (χ0n) is 15.6. The Morgan fingerprint density at radius 2 is 1.86 bits per heavy atom. The highest BCUT2D eigenvalue weighted by Gasteiger charge is 2.39. The van der Waals surface area contributed by atoms with Crippen molar-refractivity contribution in [1.29, 1.82) is 0 Å². The Balaban J connectivity index is 1.55. The number of hydrogen-bond donors (Lipinski definition) is 3. The van der Waals surface area contributed by atoms with Gasteiger partial charge in [0, 0.05) is 31.2 Å². The van der Waals surface area contributed by atoms with Gasteiger partial charge in [-0.05, 0) is 49.2 Å². The summed E-state index contributed by atoms with van der Waals surface area (Å²) >= 11 is 0. The third-order valence-corrected chi connectivity index (χ3v) is 5.47. The molecule has 0 aliphatic carbocycles. The van der Waals surface area contributed by atoms with Crippen molar-refractivity contribution in [1.82, 2.24) is 20.8 Å². The normalized spacial score (nSPS) is 17.6. The van der Waals surface area contributed by atoms with Crippen molar-refractivity contribution in [3.05, 3.63) is 56.8 Å². The summed E-state index contributed by atoms with van der Waals surface area (Å²) in [6, 6.07) is 3.40. The van der Waals surface area contributed by atoms with E-state index in [1.54, 1.807) is 6.07 Å². The Labute approximate surface area is 164 Å². The molecule has 6 nitrogen and oxygen atoms in total. The molecule has 0 radical (unpaired) electrons. The van der Waals surface area contributed by atoms with Gasteiger partial charge in [0.15, 0.2) is 0 Å². The maximum atomic E-state index is 14.5. The van der Waals surface area contributed by atoms with Crippen LogP contribution in [0.1, 0.15) is 35.1 Å². The highest BCUT2D eigenvalue weighted by atomic mass is 19.4. The van der Waals surface area contributed by atoms with Gasteiger partial charge in [-0.1, -0.05) is 0 Å². The van der Waals surface area contributed by atoms with Crippen LogP contribution in [0.15, 0.2) is 23.1 Å². The van der Waals surface area contributed by atoms with Gasteiger partial charge in [0.2, 0.25) is 0 Å². The number of benzene rings is 1. The molecular formula is C19H21F4N5O. The SMILES string of the molecule is O=c1[nH]ncc(N2Cc3cc(F)c(CNC4CCNCC4)cc3C2)c1C(F)(F)F. The van der Waals surface area contributed by atoms with Crippen LogP contribution in [-0.4, -0.2) is 29.3 Å². The number of nitrogens with zero attached hydrogens (tertiary/aromatic N) is 2. The Bertz CT molecular complexity index is 953. The molecule has 0 amide bonds. The van der Waals surface area contributed by atoms with Crippen molar-refractivity contribution in [2.45, 2.75) is 44.7 Å². The van der Waals surface area contributed by atoms with E-state index in [9.17, 15) is 22.4 Å². The molecule has 10 heteroatoms. The standard InChI is InChI=1S/C19H21F4N5O/c20-15-6-13-10-28(16-8-26-27-18(29)17(16)19(21,22)23)9-12(13)5-11(15)7-25-14-1-3-24-4-2-14/h5-6,8,14,24-25H,1-4,7,9-10H2,(H,27,29). The third-order valence-electron chi connectivity index (χ3n) is 5.47. The van der Waals surface area contributed by atoms with E-state index >= 15 is 0 Å². The van der Waals surface area contributed by atoms with E-state index in [0.717, 1.165) is 37.7 Å². The van der Waals surface area contributed by atoms with Gasteiger partial charge in [-0.2, -0.15) is 18.3 Å². The summed E-state index contributed by atoms with van der Waals surface area (Å²) < 4.78 is 54.6. The summed E-state index contributed by atoms with van der Waals surface area (Å²) in [7, 11) is 0. The van der Waals surface area contributed by atoms with Crippen LogP contribution in [0.25, 0.3) is 0 Å². The van der Waals surface area contributed by atoms with Crippen molar-refractivity contribution in [3.8, 4) is 0 Å². The lowest BCUT2D eigenvalue weighted by Gasteiger charge is -2.24. The number of aromatic amines is 1. The highest BCUT2D eigenvalue weighted by molar-refractivity contribution is 5.56. The molecule has 2 aromatic rings. The van der Waals surface area contributed by atoms with Crippen molar-refractivity contribution in [3.63, 3.8) is 0 Å². The van der Waals surface area contributed by atoms with E-state index in [0.29, 0.717) is 23.7 Å². The highest BCUT2D eigenvalue weighted by Crippen LogP contribution is 2.37. The fourth-order valence-electron chi connectivity index (χ4n) is 3.96. The maximum absolute atomic E-state index is 14.5. The lowest BCUT2D eigenvalue weighted by Crippen LogP contribution is -2.39. The topological polar surface area (TPSA) is 73.0 Å². The summed E-state index contributed by atoms with van der Waals surface area (Å²) in [6.07, 6.45) is -1.88. The average molecular weight is 411 g/mol. The van der Waals surface area contributed by atoms with Crippen molar-refractivity contribution < 1.29 is 17.6 Å². The minimum absolute atomic E-state index is 0.0858. The number of halogens is 4. The molecule has 0 unspecified atom stereocenters. The number of fused-ring (bicyclic) bond motifs is 1. The fourth-order valence-corrected chi connectivity index (χ4v) is 3.96. The van der Waals surface area contributed by atoms with E-state index in [2.05, 4.69) is 15.7 Å². The molecule has 2 aliphatic rings. The predicted molar refractivity (Wildman–Crippen MR) is 98.9 cm³/mol. The van der Waals surface area contributed by atoms with Crippen molar-refractivity contribution in [2.24, 2.45) is 0 Å². The van der Waals surface area contributed by atoms with Gasteiger partial charge in [-0.25, -0.2) is 9.49 Å². The molecule has 1 aromatic heterocycles. The van der Waals surface area contributed by atoms with E-state index in [1.807, 2.05) is 5.10 Å². The molecule has 0 atom stereocenters. The van der Waals surface area contributed by atoms with Gasteiger partial charge in [0.05, 0.1) is 11.9 Å². The smallest absolute Gasteiger partial charge is 0.361 e. The Hall–Kier alpha value is -2.46. The Kier molecular flexibility index (Phi) is 5.30. The summed E-state index contributed by atoms with van der Waals surface area (Å²) in [6.45, 7) is 2.45. The van der Waals surface area contributed by atoms with Crippen LogP contribution in [0.2, 0.25) is 0 Å². The van der Waals surface area contributed by atoms with Crippen LogP contribution < -0.4 is 21.1 Å². The second-order valence-electron chi connectivity index (χ2n) is 7.43. The minimum Gasteiger partial charge on any atom is -0.361 e. The van der Waals surface area contributed by atoms with Crippen LogP contribution in [0.5, 0.6) is 0 Å². The zero-order chi connectivity index (χ0) is 20.6. The van der Waals surface area contributed by atoms with E-state index in [-0.39, 0.29) is 24.6 Å². The number of piperidine rings is 1. The quantitative estimate of drug-likeness (QED) is 0.674. The van der Waals surface area contributed by atoms with Gasteiger partial charge in [0.25, 0.3) is 5.56 Å². The molecule has 2 aliphatic heterocycles. The Morgan fingerprint density at radius 1 is 1.17 bits per heavy atom. The molecule has 0 saturated carbocycles. The van der Waals surface area contributed by atoms with Crippen LogP contribution in [0.4, 0.5) is 23.2 Å². The first-order valence-electron chi connectivity index (χ1n) is 9.47. The molecule has 0 spiro atoms. The van der Waals surface area contributed by atoms with Crippen molar-refractivity contribution in [2.75, 3.05) is 18.0 Å². The molecule has 156 valence electrons. The zero-order valence-corrected chi connectivity index (χ0v) is 15.6. The first-order valence-corrected chi connectivity index (χ1v) is 9.47. The lowest BCUT2D eigenvalue weighted by atomic mass is 10.0. The second kappa shape index (κ2) is 7.75. The molecule has 1 aromatic carbocycles. The van der Waals surface area contributed by atoms with Gasteiger partial charge < -0.3 is 15.5 Å². The molecule has 4 rings (SSSR count). The van der Waals surface area contributed by atoms with Crippen LogP contribution in [-0.2, 0) is 25.8 Å². The van der Waals surface area contributed by atoms with E-state index in [4.69, 9.17) is 0 Å². The largest absolute Gasteiger partial charge is 0.423 e. The van der Waals surface area contributed by atoms with Gasteiger partial charge in [-0.15, -0.1) is 0 Å². The van der Waals surface area contributed by atoms with Crippen molar-refractivity contribution >= 4 is 5.69 Å². The molecule has 1 fully saturated rings. The van der Waals surface area contributed by atoms with Crippen LogP contribution in [0, 0.1) is 5.82 Å². The van der Waals surface area contributed by atoms with Gasteiger partial charge >= 0.3 is 6.18 Å². The molecule has 3 N–H and O–H groups in total. The first-order chi connectivity index (χ1) is 13.8. The monoisotopic (exact) mass is 411 g/mol. The minimum atomic E-state index is -4.81. The molecular weight excluding hydrogens is 390 g/mol. The number of anilines is 1. The number of H-pyrrole nitrogens is 1. The number of hydrogen-bond acceptors (Lipinski definition) is 5. The number of nitrogens with one attached hydrogen (secondary N) is 3. The second-order valence-corrected chi connectivity index (χ2v) is 7.43. The summed E-state index contributed by atoms with van der Waals surface area (Å²) in [4.78, 5) is 13.1. The van der Waals surface area contributed by atoms with E-state index in [1.165, 1.54) is 11.0 Å². The number of aromatic nitrogens is 2. The van der Waals surface area contributed by atoms with Gasteiger partial charge in [-0.3, -0.25) is 4.79 Å². The molecule has 0 bridgehead atoms. The lowest BCUT2D eigenvalue weighted by molar-refractivity contribution is -0.138. The molecule has 1 saturated heterocycles.